The van der Waals surface area contributed by atoms with E-state index in [0.29, 0.717) is 6.42 Å². The fraction of sp³-hybridized carbons (Fsp3) is 0.429. The number of carbonyl (C=O) groups is 1. The molecule has 0 atom stereocenters. The Morgan fingerprint density at radius 3 is 2.89 bits per heavy atom. The molecule has 0 aliphatic rings. The number of hydrogen-bond donors (Lipinski definition) is 1. The van der Waals surface area contributed by atoms with E-state index in [-0.39, 0.29) is 5.91 Å². The Balaban J connectivity index is 2.04. The van der Waals surface area contributed by atoms with E-state index in [1.807, 2.05) is 14.0 Å². The Labute approximate surface area is 113 Å². The molecular formula is C14H20N4O. The van der Waals surface area contributed by atoms with Crippen LogP contribution in [0.1, 0.15) is 24.2 Å². The molecule has 1 heterocycles. The van der Waals surface area contributed by atoms with Crippen molar-refractivity contribution in [3.8, 4) is 0 Å². The van der Waals surface area contributed by atoms with Crippen molar-refractivity contribution in [1.29, 1.82) is 0 Å². The minimum atomic E-state index is -0.0326. The van der Waals surface area contributed by atoms with Gasteiger partial charge in [-0.2, -0.15) is 0 Å². The number of fused-ring (bicyclic) bond motifs is 1. The Morgan fingerprint density at radius 2 is 2.21 bits per heavy atom. The minimum absolute atomic E-state index is 0.0326. The highest BCUT2D eigenvalue weighted by Gasteiger charge is 2.07. The number of rotatable bonds is 4. The second kappa shape index (κ2) is 5.40. The van der Waals surface area contributed by atoms with Crippen molar-refractivity contribution >= 4 is 16.9 Å². The lowest BCUT2D eigenvalue weighted by atomic mass is 10.1. The van der Waals surface area contributed by atoms with Gasteiger partial charge in [0.2, 0.25) is 5.91 Å². The molecule has 0 saturated carbocycles. The highest BCUT2D eigenvalue weighted by molar-refractivity contribution is 5.77. The molecule has 0 aliphatic carbocycles. The number of carbonyl (C=O) groups excluding carboxylic acids is 1. The molecule has 1 aromatic heterocycles. The van der Waals surface area contributed by atoms with Gasteiger partial charge in [0.25, 0.3) is 0 Å². The molecule has 2 rings (SSSR count). The number of amides is 1. The predicted molar refractivity (Wildman–Crippen MR) is 75.3 cm³/mol. The van der Waals surface area contributed by atoms with Crippen LogP contribution in [-0.4, -0.2) is 27.5 Å². The van der Waals surface area contributed by atoms with Crippen LogP contribution in [0.4, 0.5) is 0 Å². The van der Waals surface area contributed by atoms with Gasteiger partial charge in [0.1, 0.15) is 5.82 Å². The molecule has 1 amide bonds. The summed E-state index contributed by atoms with van der Waals surface area (Å²) in [6, 6.07) is 6.28. The van der Waals surface area contributed by atoms with E-state index in [1.165, 1.54) is 5.56 Å². The van der Waals surface area contributed by atoms with Crippen LogP contribution in [0.3, 0.4) is 0 Å². The van der Waals surface area contributed by atoms with Crippen molar-refractivity contribution in [2.75, 3.05) is 7.05 Å². The summed E-state index contributed by atoms with van der Waals surface area (Å²) in [4.78, 5) is 15.9. The first-order chi connectivity index (χ1) is 8.99. The molecule has 0 fully saturated rings. The van der Waals surface area contributed by atoms with Crippen LogP contribution in [0.15, 0.2) is 18.2 Å². The van der Waals surface area contributed by atoms with Gasteiger partial charge < -0.3 is 4.57 Å². The molecule has 1 aromatic carbocycles. The fourth-order valence-electron chi connectivity index (χ4n) is 2.14. The Morgan fingerprint density at radius 1 is 1.47 bits per heavy atom. The van der Waals surface area contributed by atoms with Crippen molar-refractivity contribution in [2.45, 2.75) is 26.2 Å². The maximum Gasteiger partial charge on any atom is 0.236 e. The highest BCUT2D eigenvalue weighted by atomic mass is 16.2. The molecule has 0 spiro atoms. The van der Waals surface area contributed by atoms with E-state index in [4.69, 9.17) is 5.84 Å². The number of hydrogen-bond acceptors (Lipinski definition) is 3. The van der Waals surface area contributed by atoms with Gasteiger partial charge in [0.15, 0.2) is 0 Å². The largest absolute Gasteiger partial charge is 0.331 e. The molecule has 0 radical (unpaired) electrons. The van der Waals surface area contributed by atoms with Crippen LogP contribution in [0, 0.1) is 6.92 Å². The third-order valence-corrected chi connectivity index (χ3v) is 3.42. The van der Waals surface area contributed by atoms with Crippen molar-refractivity contribution in [1.82, 2.24) is 14.6 Å². The molecule has 5 heteroatoms. The topological polar surface area (TPSA) is 64.2 Å². The van der Waals surface area contributed by atoms with E-state index in [2.05, 4.69) is 27.8 Å². The number of aryl methyl sites for hydroxylation is 3. The van der Waals surface area contributed by atoms with Gasteiger partial charge in [-0.3, -0.25) is 9.80 Å². The van der Waals surface area contributed by atoms with Crippen molar-refractivity contribution in [3.05, 3.63) is 29.6 Å². The van der Waals surface area contributed by atoms with Gasteiger partial charge >= 0.3 is 0 Å². The monoisotopic (exact) mass is 260 g/mol. The first-order valence-corrected chi connectivity index (χ1v) is 6.42. The first kappa shape index (κ1) is 13.5. The summed E-state index contributed by atoms with van der Waals surface area (Å²) in [7, 11) is 3.59. The average molecular weight is 260 g/mol. The number of nitrogens with zero attached hydrogens (tertiary/aromatic N) is 3. The number of imidazole rings is 1. The zero-order valence-electron chi connectivity index (χ0n) is 11.7. The van der Waals surface area contributed by atoms with E-state index < -0.39 is 0 Å². The van der Waals surface area contributed by atoms with E-state index >= 15 is 0 Å². The number of aromatic nitrogens is 2. The molecule has 2 aromatic rings. The minimum Gasteiger partial charge on any atom is -0.331 e. The van der Waals surface area contributed by atoms with Crippen LogP contribution < -0.4 is 5.84 Å². The molecule has 2 N–H and O–H groups in total. The average Bonchev–Trinajstić information content (AvgIpc) is 2.64. The Hall–Kier alpha value is -1.88. The zero-order valence-corrected chi connectivity index (χ0v) is 11.7. The predicted octanol–water partition coefficient (Wildman–Crippen LogP) is 1.54. The number of nitrogens with two attached hydrogens (primary N) is 1. The standard InChI is InChI=1S/C14H20N4O/c1-10-16-12-9-11(7-8-13(12)17(10)2)5-4-6-14(19)18(3)15/h7-9H,4-6,15H2,1-3H3. The maximum atomic E-state index is 11.4. The molecule has 102 valence electrons. The summed E-state index contributed by atoms with van der Waals surface area (Å²) in [6.07, 6.45) is 2.15. The summed E-state index contributed by atoms with van der Waals surface area (Å²) < 4.78 is 2.08. The maximum absolute atomic E-state index is 11.4. The highest BCUT2D eigenvalue weighted by Crippen LogP contribution is 2.17. The normalized spacial score (nSPS) is 10.9. The summed E-state index contributed by atoms with van der Waals surface area (Å²) in [5, 5.41) is 1.14. The lowest BCUT2D eigenvalue weighted by molar-refractivity contribution is -0.130. The molecule has 0 aliphatic heterocycles. The summed E-state index contributed by atoms with van der Waals surface area (Å²) >= 11 is 0. The number of hydrazine groups is 1. The van der Waals surface area contributed by atoms with Crippen molar-refractivity contribution in [2.24, 2.45) is 12.9 Å². The Kier molecular flexibility index (Phi) is 3.85. The van der Waals surface area contributed by atoms with Gasteiger partial charge in [0.05, 0.1) is 11.0 Å². The van der Waals surface area contributed by atoms with Crippen molar-refractivity contribution < 1.29 is 4.79 Å². The second-order valence-electron chi connectivity index (χ2n) is 4.90. The molecule has 19 heavy (non-hydrogen) atoms. The lowest BCUT2D eigenvalue weighted by Crippen LogP contribution is -2.32. The van der Waals surface area contributed by atoms with Crippen LogP contribution in [-0.2, 0) is 18.3 Å². The van der Waals surface area contributed by atoms with Gasteiger partial charge in [-0.1, -0.05) is 6.07 Å². The van der Waals surface area contributed by atoms with Gasteiger partial charge in [-0.25, -0.2) is 10.8 Å². The quantitative estimate of drug-likeness (QED) is 0.515. The third kappa shape index (κ3) is 2.93. The molecule has 0 bridgehead atoms. The SMILES string of the molecule is Cc1nc2cc(CCCC(=O)N(C)N)ccc2n1C. The van der Waals surface area contributed by atoms with E-state index in [0.717, 1.165) is 34.7 Å². The van der Waals surface area contributed by atoms with E-state index in [9.17, 15) is 4.79 Å². The fourth-order valence-corrected chi connectivity index (χ4v) is 2.14. The van der Waals surface area contributed by atoms with Crippen LogP contribution >= 0.6 is 0 Å². The first-order valence-electron chi connectivity index (χ1n) is 6.42. The van der Waals surface area contributed by atoms with Crippen LogP contribution in [0.2, 0.25) is 0 Å². The second-order valence-corrected chi connectivity index (χ2v) is 4.90. The summed E-state index contributed by atoms with van der Waals surface area (Å²) in [5.41, 5.74) is 3.36. The molecular weight excluding hydrogens is 240 g/mol. The lowest BCUT2D eigenvalue weighted by Gasteiger charge is -2.09. The van der Waals surface area contributed by atoms with E-state index in [1.54, 1.807) is 7.05 Å². The molecule has 5 nitrogen and oxygen atoms in total. The smallest absolute Gasteiger partial charge is 0.236 e. The Bertz CT molecular complexity index is 601. The van der Waals surface area contributed by atoms with Gasteiger partial charge in [0, 0.05) is 20.5 Å². The summed E-state index contributed by atoms with van der Waals surface area (Å²) in [6.45, 7) is 2.00. The zero-order chi connectivity index (χ0) is 14.0. The van der Waals surface area contributed by atoms with Crippen LogP contribution in [0.5, 0.6) is 0 Å². The number of benzene rings is 1. The summed E-state index contributed by atoms with van der Waals surface area (Å²) in [5.74, 6) is 6.35. The van der Waals surface area contributed by atoms with Crippen LogP contribution in [0.25, 0.3) is 11.0 Å². The molecule has 0 saturated heterocycles. The molecule has 0 unspecified atom stereocenters. The van der Waals surface area contributed by atoms with Crippen molar-refractivity contribution in [3.63, 3.8) is 0 Å². The third-order valence-electron chi connectivity index (χ3n) is 3.42. The van der Waals surface area contributed by atoms with Gasteiger partial charge in [-0.05, 0) is 37.5 Å². The van der Waals surface area contributed by atoms with Gasteiger partial charge in [-0.15, -0.1) is 0 Å².